The van der Waals surface area contributed by atoms with Gasteiger partial charge in [-0.05, 0) is 42.3 Å². The van der Waals surface area contributed by atoms with Crippen molar-refractivity contribution in [2.24, 2.45) is 0 Å². The van der Waals surface area contributed by atoms with Gasteiger partial charge in [-0.3, -0.25) is 4.90 Å². The van der Waals surface area contributed by atoms with Crippen LogP contribution in [-0.2, 0) is 11.3 Å². The topological polar surface area (TPSA) is 62.8 Å². The summed E-state index contributed by atoms with van der Waals surface area (Å²) in [5, 5.41) is 6.27. The van der Waals surface area contributed by atoms with E-state index < -0.39 is 0 Å². The summed E-state index contributed by atoms with van der Waals surface area (Å²) >= 11 is 5.99. The molecule has 150 valence electrons. The fraction of sp³-hybridized carbons (Fsp3) is 0.381. The standard InChI is InChI=1S/C21H26ClN3O3/c1-16-5-6-18(22)14-20(16)24-21(26)23-15-17-3-2-4-19(13-17)28-12-9-25-7-10-27-11-8-25/h2-6,13-14H,7-12,15H2,1H3,(H2,23,24,26). The molecule has 2 aromatic carbocycles. The summed E-state index contributed by atoms with van der Waals surface area (Å²) in [6.07, 6.45) is 0. The molecule has 1 aliphatic rings. The molecule has 2 N–H and O–H groups in total. The quantitative estimate of drug-likeness (QED) is 0.740. The number of urea groups is 1. The normalized spacial score (nSPS) is 14.5. The van der Waals surface area contributed by atoms with E-state index in [2.05, 4.69) is 15.5 Å². The van der Waals surface area contributed by atoms with Crippen LogP contribution in [0.2, 0.25) is 5.02 Å². The smallest absolute Gasteiger partial charge is 0.319 e. The summed E-state index contributed by atoms with van der Waals surface area (Å²) in [5.74, 6) is 0.804. The lowest BCUT2D eigenvalue weighted by Crippen LogP contribution is -2.38. The second-order valence-corrected chi connectivity index (χ2v) is 7.15. The summed E-state index contributed by atoms with van der Waals surface area (Å²) in [6.45, 7) is 7.33. The lowest BCUT2D eigenvalue weighted by molar-refractivity contribution is 0.0322. The predicted octanol–water partition coefficient (Wildman–Crippen LogP) is 3.68. The third kappa shape index (κ3) is 6.41. The largest absolute Gasteiger partial charge is 0.492 e. The van der Waals surface area contributed by atoms with Crippen molar-refractivity contribution in [3.8, 4) is 5.75 Å². The number of nitrogens with one attached hydrogen (secondary N) is 2. The third-order valence-corrected chi connectivity index (χ3v) is 4.81. The van der Waals surface area contributed by atoms with Gasteiger partial charge in [-0.2, -0.15) is 0 Å². The van der Waals surface area contributed by atoms with E-state index in [1.807, 2.05) is 37.3 Å². The van der Waals surface area contributed by atoms with Crippen LogP contribution in [0.25, 0.3) is 0 Å². The summed E-state index contributed by atoms with van der Waals surface area (Å²) in [7, 11) is 0. The van der Waals surface area contributed by atoms with E-state index in [0.717, 1.165) is 49.7 Å². The van der Waals surface area contributed by atoms with E-state index in [4.69, 9.17) is 21.1 Å². The Hall–Kier alpha value is -2.28. The van der Waals surface area contributed by atoms with E-state index in [9.17, 15) is 4.79 Å². The monoisotopic (exact) mass is 403 g/mol. The molecule has 0 spiro atoms. The van der Waals surface area contributed by atoms with Crippen LogP contribution in [0, 0.1) is 6.92 Å². The van der Waals surface area contributed by atoms with Crippen molar-refractivity contribution >= 4 is 23.3 Å². The zero-order chi connectivity index (χ0) is 19.8. The summed E-state index contributed by atoms with van der Waals surface area (Å²) < 4.78 is 11.2. The molecule has 7 heteroatoms. The van der Waals surface area contributed by atoms with Crippen LogP contribution in [0.5, 0.6) is 5.75 Å². The number of ether oxygens (including phenoxy) is 2. The third-order valence-electron chi connectivity index (χ3n) is 4.58. The average molecular weight is 404 g/mol. The molecule has 0 aliphatic carbocycles. The number of aryl methyl sites for hydroxylation is 1. The maximum absolute atomic E-state index is 12.2. The van der Waals surface area contributed by atoms with Crippen LogP contribution in [0.3, 0.4) is 0 Å². The fourth-order valence-electron chi connectivity index (χ4n) is 2.94. The van der Waals surface area contributed by atoms with Crippen molar-refractivity contribution in [2.45, 2.75) is 13.5 Å². The Morgan fingerprint density at radius 1 is 1.21 bits per heavy atom. The highest BCUT2D eigenvalue weighted by molar-refractivity contribution is 6.31. The number of rotatable bonds is 7. The molecule has 1 heterocycles. The van der Waals surface area contributed by atoms with Crippen molar-refractivity contribution in [1.29, 1.82) is 0 Å². The highest BCUT2D eigenvalue weighted by atomic mass is 35.5. The van der Waals surface area contributed by atoms with E-state index in [0.29, 0.717) is 23.9 Å². The first kappa shape index (κ1) is 20.5. The average Bonchev–Trinajstić information content (AvgIpc) is 2.70. The van der Waals surface area contributed by atoms with Crippen molar-refractivity contribution < 1.29 is 14.3 Å². The number of hydrogen-bond acceptors (Lipinski definition) is 4. The van der Waals surface area contributed by atoms with E-state index >= 15 is 0 Å². The SMILES string of the molecule is Cc1ccc(Cl)cc1NC(=O)NCc1cccc(OCCN2CCOCC2)c1. The zero-order valence-electron chi connectivity index (χ0n) is 16.0. The van der Waals surface area contributed by atoms with Gasteiger partial charge >= 0.3 is 6.03 Å². The first-order valence-corrected chi connectivity index (χ1v) is 9.81. The molecule has 0 radical (unpaired) electrons. The van der Waals surface area contributed by atoms with Crippen LogP contribution in [0.15, 0.2) is 42.5 Å². The van der Waals surface area contributed by atoms with Crippen molar-refractivity contribution in [2.75, 3.05) is 44.8 Å². The molecule has 0 bridgehead atoms. The van der Waals surface area contributed by atoms with Crippen LogP contribution in [-0.4, -0.2) is 50.4 Å². The van der Waals surface area contributed by atoms with Gasteiger partial charge < -0.3 is 20.1 Å². The maximum Gasteiger partial charge on any atom is 0.319 e. The number of hydrogen-bond donors (Lipinski definition) is 2. The molecule has 0 aromatic heterocycles. The Kier molecular flexibility index (Phi) is 7.54. The van der Waals surface area contributed by atoms with Crippen LogP contribution < -0.4 is 15.4 Å². The molecule has 0 atom stereocenters. The first-order valence-electron chi connectivity index (χ1n) is 9.43. The molecule has 6 nitrogen and oxygen atoms in total. The number of benzene rings is 2. The number of amides is 2. The Labute approximate surface area is 170 Å². The number of carbonyl (C=O) groups is 1. The molecular weight excluding hydrogens is 378 g/mol. The van der Waals surface area contributed by atoms with Crippen LogP contribution in [0.4, 0.5) is 10.5 Å². The molecule has 2 amide bonds. The van der Waals surface area contributed by atoms with Crippen molar-refractivity contribution in [3.63, 3.8) is 0 Å². The molecule has 2 aromatic rings. The number of halogens is 1. The predicted molar refractivity (Wildman–Crippen MR) is 111 cm³/mol. The zero-order valence-corrected chi connectivity index (χ0v) is 16.8. The fourth-order valence-corrected chi connectivity index (χ4v) is 3.11. The molecule has 3 rings (SSSR count). The summed E-state index contributed by atoms with van der Waals surface area (Å²) in [5.41, 5.74) is 2.63. The lowest BCUT2D eigenvalue weighted by Gasteiger charge is -2.26. The van der Waals surface area contributed by atoms with Gasteiger partial charge in [0.25, 0.3) is 0 Å². The van der Waals surface area contributed by atoms with Gasteiger partial charge in [0.2, 0.25) is 0 Å². The maximum atomic E-state index is 12.2. The minimum Gasteiger partial charge on any atom is -0.492 e. The molecular formula is C21H26ClN3O3. The van der Waals surface area contributed by atoms with Gasteiger partial charge in [0.15, 0.2) is 0 Å². The van der Waals surface area contributed by atoms with Crippen LogP contribution >= 0.6 is 11.6 Å². The molecule has 28 heavy (non-hydrogen) atoms. The van der Waals surface area contributed by atoms with Gasteiger partial charge in [0.1, 0.15) is 12.4 Å². The molecule has 0 unspecified atom stereocenters. The highest BCUT2D eigenvalue weighted by Crippen LogP contribution is 2.20. The number of anilines is 1. The Balaban J connectivity index is 1.44. The second kappa shape index (κ2) is 10.3. The number of nitrogens with zero attached hydrogens (tertiary/aromatic N) is 1. The highest BCUT2D eigenvalue weighted by Gasteiger charge is 2.10. The van der Waals surface area contributed by atoms with Gasteiger partial charge in [-0.1, -0.05) is 29.8 Å². The van der Waals surface area contributed by atoms with Crippen LogP contribution in [0.1, 0.15) is 11.1 Å². The van der Waals surface area contributed by atoms with E-state index in [1.165, 1.54) is 0 Å². The molecule has 0 saturated carbocycles. The first-order chi connectivity index (χ1) is 13.6. The van der Waals surface area contributed by atoms with Gasteiger partial charge in [0, 0.05) is 36.9 Å². The lowest BCUT2D eigenvalue weighted by atomic mass is 10.2. The Bertz CT molecular complexity index is 794. The minimum atomic E-state index is -0.274. The number of carbonyl (C=O) groups excluding carboxylic acids is 1. The van der Waals surface area contributed by atoms with E-state index in [1.54, 1.807) is 12.1 Å². The molecule has 1 fully saturated rings. The molecule has 1 saturated heterocycles. The Morgan fingerprint density at radius 3 is 2.86 bits per heavy atom. The van der Waals surface area contributed by atoms with Gasteiger partial charge in [-0.15, -0.1) is 0 Å². The summed E-state index contributed by atoms with van der Waals surface area (Å²) in [6, 6.07) is 12.9. The molecule has 1 aliphatic heterocycles. The Morgan fingerprint density at radius 2 is 2.04 bits per heavy atom. The van der Waals surface area contributed by atoms with Gasteiger partial charge in [0.05, 0.1) is 13.2 Å². The van der Waals surface area contributed by atoms with E-state index in [-0.39, 0.29) is 6.03 Å². The summed E-state index contributed by atoms with van der Waals surface area (Å²) in [4.78, 5) is 14.5. The van der Waals surface area contributed by atoms with Gasteiger partial charge in [-0.25, -0.2) is 4.79 Å². The number of morpholine rings is 1. The van der Waals surface area contributed by atoms with Crippen molar-refractivity contribution in [1.82, 2.24) is 10.2 Å². The second-order valence-electron chi connectivity index (χ2n) is 6.72. The van der Waals surface area contributed by atoms with Crippen molar-refractivity contribution in [3.05, 3.63) is 58.6 Å². The minimum absolute atomic E-state index is 0.274.